The molecule has 2 atom stereocenters. The maximum absolute atomic E-state index is 12.5. The van der Waals surface area contributed by atoms with Gasteiger partial charge < -0.3 is 10.6 Å². The zero-order valence-corrected chi connectivity index (χ0v) is 16.1. The van der Waals surface area contributed by atoms with Crippen molar-refractivity contribution >= 4 is 15.9 Å². The van der Waals surface area contributed by atoms with Crippen LogP contribution in [0.3, 0.4) is 0 Å². The topological polar surface area (TPSA) is 78.5 Å². The van der Waals surface area contributed by atoms with Gasteiger partial charge in [-0.05, 0) is 44.0 Å². The summed E-state index contributed by atoms with van der Waals surface area (Å²) in [5, 5.41) is 6.24. The number of hydrogen-bond acceptors (Lipinski definition) is 4. The van der Waals surface area contributed by atoms with Gasteiger partial charge in [0.15, 0.2) is 0 Å². The Hall–Kier alpha value is -1.44. The average Bonchev–Trinajstić information content (AvgIpc) is 2.63. The summed E-state index contributed by atoms with van der Waals surface area (Å²) < 4.78 is 26.4. The Morgan fingerprint density at radius 1 is 1.24 bits per heavy atom. The van der Waals surface area contributed by atoms with Crippen LogP contribution in [0.25, 0.3) is 0 Å². The van der Waals surface area contributed by atoms with E-state index in [0.29, 0.717) is 13.1 Å². The third-order valence-electron chi connectivity index (χ3n) is 4.71. The molecule has 1 fully saturated rings. The molecule has 7 heteroatoms. The molecule has 1 amide bonds. The minimum Gasteiger partial charge on any atom is -0.348 e. The van der Waals surface area contributed by atoms with Crippen molar-refractivity contribution in [3.8, 4) is 0 Å². The van der Waals surface area contributed by atoms with Gasteiger partial charge in [-0.1, -0.05) is 32.4 Å². The molecule has 2 rings (SSSR count). The van der Waals surface area contributed by atoms with Crippen LogP contribution in [0.5, 0.6) is 0 Å². The first-order valence-corrected chi connectivity index (χ1v) is 10.5. The number of nitrogens with one attached hydrogen (secondary N) is 2. The van der Waals surface area contributed by atoms with Gasteiger partial charge in [0, 0.05) is 13.1 Å². The number of rotatable bonds is 7. The largest absolute Gasteiger partial charge is 0.348 e. The lowest BCUT2D eigenvalue weighted by Gasteiger charge is -2.25. The van der Waals surface area contributed by atoms with Crippen LogP contribution in [0, 0.1) is 0 Å². The molecule has 0 saturated carbocycles. The maximum Gasteiger partial charge on any atom is 0.243 e. The van der Waals surface area contributed by atoms with Gasteiger partial charge in [-0.2, -0.15) is 4.31 Å². The molecule has 2 unspecified atom stereocenters. The van der Waals surface area contributed by atoms with Crippen LogP contribution >= 0.6 is 0 Å². The molecule has 1 aromatic rings. The number of amides is 1. The van der Waals surface area contributed by atoms with E-state index >= 15 is 0 Å². The first kappa shape index (κ1) is 19.9. The van der Waals surface area contributed by atoms with Crippen molar-refractivity contribution in [3.63, 3.8) is 0 Å². The number of piperidine rings is 1. The summed E-state index contributed by atoms with van der Waals surface area (Å²) in [7, 11) is -3.45. The first-order chi connectivity index (χ1) is 11.9. The summed E-state index contributed by atoms with van der Waals surface area (Å²) in [6.45, 7) is 7.33. The smallest absolute Gasteiger partial charge is 0.243 e. The summed E-state index contributed by atoms with van der Waals surface area (Å²) in [4.78, 5) is 12.6. The predicted molar refractivity (Wildman–Crippen MR) is 98.7 cm³/mol. The Bertz CT molecular complexity index is 663. The lowest BCUT2D eigenvalue weighted by atomic mass is 10.0. The highest BCUT2D eigenvalue weighted by atomic mass is 32.2. The van der Waals surface area contributed by atoms with Gasteiger partial charge in [-0.25, -0.2) is 8.42 Å². The van der Waals surface area contributed by atoms with Gasteiger partial charge in [-0.3, -0.25) is 4.79 Å². The third kappa shape index (κ3) is 4.80. The van der Waals surface area contributed by atoms with E-state index in [4.69, 9.17) is 0 Å². The van der Waals surface area contributed by atoms with Crippen LogP contribution in [0.4, 0.5) is 0 Å². The summed E-state index contributed by atoms with van der Waals surface area (Å²) in [5.41, 5.74) is 0.891. The molecular formula is C18H29N3O3S. The summed E-state index contributed by atoms with van der Waals surface area (Å²) in [6, 6.07) is 6.49. The van der Waals surface area contributed by atoms with Gasteiger partial charge in [0.05, 0.1) is 17.0 Å². The minimum atomic E-state index is -3.45. The molecule has 1 aliphatic rings. The summed E-state index contributed by atoms with van der Waals surface area (Å²) in [6.07, 6.45) is 3.04. The SMILES string of the molecule is CCN(CC)S(=O)(=O)c1ccc(C(C)NC(=O)C2CCCCN2)cc1. The molecule has 1 saturated heterocycles. The minimum absolute atomic E-state index is 0.00652. The zero-order chi connectivity index (χ0) is 18.4. The Morgan fingerprint density at radius 3 is 2.40 bits per heavy atom. The van der Waals surface area contributed by atoms with Gasteiger partial charge in [0.25, 0.3) is 0 Å². The molecule has 0 aliphatic carbocycles. The fourth-order valence-electron chi connectivity index (χ4n) is 3.11. The second-order valence-corrected chi connectivity index (χ2v) is 8.33. The quantitative estimate of drug-likeness (QED) is 0.773. The Labute approximate surface area is 151 Å². The van der Waals surface area contributed by atoms with Crippen molar-refractivity contribution in [2.45, 2.75) is 57.0 Å². The van der Waals surface area contributed by atoms with Crippen LogP contribution in [-0.2, 0) is 14.8 Å². The Balaban J connectivity index is 2.04. The fraction of sp³-hybridized carbons (Fsp3) is 0.611. The molecule has 25 heavy (non-hydrogen) atoms. The van der Waals surface area contributed by atoms with Gasteiger partial charge in [0.1, 0.15) is 0 Å². The number of sulfonamides is 1. The maximum atomic E-state index is 12.5. The van der Waals surface area contributed by atoms with E-state index in [1.807, 2.05) is 20.8 Å². The molecule has 0 radical (unpaired) electrons. The zero-order valence-electron chi connectivity index (χ0n) is 15.3. The van der Waals surface area contributed by atoms with E-state index in [1.165, 1.54) is 4.31 Å². The van der Waals surface area contributed by atoms with Gasteiger partial charge in [-0.15, -0.1) is 0 Å². The summed E-state index contributed by atoms with van der Waals surface area (Å²) in [5.74, 6) is 0.00652. The molecule has 0 aromatic heterocycles. The van der Waals surface area contributed by atoms with Crippen molar-refractivity contribution in [2.24, 2.45) is 0 Å². The molecule has 0 spiro atoms. The standard InChI is InChI=1S/C18H29N3O3S/c1-4-21(5-2)25(23,24)16-11-9-15(10-12-16)14(3)20-18(22)17-8-6-7-13-19-17/h9-12,14,17,19H,4-8,13H2,1-3H3,(H,20,22). The molecule has 1 heterocycles. The molecular weight excluding hydrogens is 338 g/mol. The second-order valence-electron chi connectivity index (χ2n) is 6.39. The highest BCUT2D eigenvalue weighted by molar-refractivity contribution is 7.89. The number of carbonyl (C=O) groups is 1. The number of carbonyl (C=O) groups excluding carboxylic acids is 1. The number of benzene rings is 1. The van der Waals surface area contributed by atoms with Crippen molar-refractivity contribution in [1.29, 1.82) is 0 Å². The van der Waals surface area contributed by atoms with E-state index in [9.17, 15) is 13.2 Å². The van der Waals surface area contributed by atoms with Crippen LogP contribution in [-0.4, -0.2) is 44.3 Å². The Morgan fingerprint density at radius 2 is 1.88 bits per heavy atom. The van der Waals surface area contributed by atoms with Crippen molar-refractivity contribution in [3.05, 3.63) is 29.8 Å². The molecule has 1 aliphatic heterocycles. The molecule has 1 aromatic carbocycles. The van der Waals surface area contributed by atoms with Crippen LogP contribution in [0.2, 0.25) is 0 Å². The van der Waals surface area contributed by atoms with E-state index in [1.54, 1.807) is 24.3 Å². The highest BCUT2D eigenvalue weighted by Gasteiger charge is 2.23. The van der Waals surface area contributed by atoms with Crippen molar-refractivity contribution in [1.82, 2.24) is 14.9 Å². The normalized spacial score (nSPS) is 19.6. The fourth-order valence-corrected chi connectivity index (χ4v) is 4.57. The lowest BCUT2D eigenvalue weighted by Crippen LogP contribution is -2.47. The monoisotopic (exact) mass is 367 g/mol. The molecule has 0 bridgehead atoms. The first-order valence-electron chi connectivity index (χ1n) is 9.04. The average molecular weight is 368 g/mol. The third-order valence-corrected chi connectivity index (χ3v) is 6.77. The number of nitrogens with zero attached hydrogens (tertiary/aromatic N) is 1. The second kappa shape index (κ2) is 8.78. The van der Waals surface area contributed by atoms with Crippen LogP contribution < -0.4 is 10.6 Å². The Kier molecular flexibility index (Phi) is 6.98. The molecule has 2 N–H and O–H groups in total. The lowest BCUT2D eigenvalue weighted by molar-refractivity contribution is -0.124. The predicted octanol–water partition coefficient (Wildman–Crippen LogP) is 2.04. The van der Waals surface area contributed by atoms with Crippen molar-refractivity contribution in [2.75, 3.05) is 19.6 Å². The van der Waals surface area contributed by atoms with E-state index < -0.39 is 10.0 Å². The van der Waals surface area contributed by atoms with E-state index in [2.05, 4.69) is 10.6 Å². The van der Waals surface area contributed by atoms with Crippen LogP contribution in [0.15, 0.2) is 29.2 Å². The van der Waals surface area contributed by atoms with Crippen LogP contribution in [0.1, 0.15) is 51.6 Å². The summed E-state index contributed by atoms with van der Waals surface area (Å²) >= 11 is 0. The van der Waals surface area contributed by atoms with Gasteiger partial charge in [0.2, 0.25) is 15.9 Å². The van der Waals surface area contributed by atoms with E-state index in [0.717, 1.165) is 31.4 Å². The molecule has 6 nitrogen and oxygen atoms in total. The highest BCUT2D eigenvalue weighted by Crippen LogP contribution is 2.20. The number of hydrogen-bond donors (Lipinski definition) is 2. The molecule has 140 valence electrons. The van der Waals surface area contributed by atoms with E-state index in [-0.39, 0.29) is 22.9 Å². The van der Waals surface area contributed by atoms with Gasteiger partial charge >= 0.3 is 0 Å². The van der Waals surface area contributed by atoms with Crippen molar-refractivity contribution < 1.29 is 13.2 Å².